The molecule has 0 aromatic carbocycles. The predicted molar refractivity (Wildman–Crippen MR) is 77.8 cm³/mol. The van der Waals surface area contributed by atoms with Gasteiger partial charge in [-0.15, -0.1) is 0 Å². The Bertz CT molecular complexity index is 474. The van der Waals surface area contributed by atoms with Gasteiger partial charge in [-0.3, -0.25) is 0 Å². The van der Waals surface area contributed by atoms with Gasteiger partial charge in [-0.05, 0) is 6.08 Å². The summed E-state index contributed by atoms with van der Waals surface area (Å²) in [4.78, 5) is 0. The van der Waals surface area contributed by atoms with Crippen molar-refractivity contribution in [1.82, 2.24) is 0 Å². The second-order valence-electron chi connectivity index (χ2n) is 6.04. The molecule has 25 heavy (non-hydrogen) atoms. The number of hydrogen-bond donors (Lipinski definition) is 8. The van der Waals surface area contributed by atoms with Gasteiger partial charge in [0.05, 0.1) is 13.2 Å². The van der Waals surface area contributed by atoms with Crippen LogP contribution in [0.1, 0.15) is 0 Å². The summed E-state index contributed by atoms with van der Waals surface area (Å²) in [7, 11) is 0. The van der Waals surface area contributed by atoms with E-state index in [2.05, 4.69) is 6.58 Å². The maximum Gasteiger partial charge on any atom is 0.224 e. The molecule has 0 aliphatic carbocycles. The molecule has 9 atom stereocenters. The largest absolute Gasteiger partial charge is 0.394 e. The van der Waals surface area contributed by atoms with E-state index in [1.54, 1.807) is 0 Å². The van der Waals surface area contributed by atoms with Gasteiger partial charge >= 0.3 is 0 Å². The van der Waals surface area contributed by atoms with E-state index in [0.29, 0.717) is 0 Å². The van der Waals surface area contributed by atoms with Crippen LogP contribution in [0.5, 0.6) is 0 Å². The lowest BCUT2D eigenvalue weighted by molar-refractivity contribution is -0.416. The summed E-state index contributed by atoms with van der Waals surface area (Å²) in [5.74, 6) is -4.64. The van der Waals surface area contributed by atoms with Gasteiger partial charge in [0.1, 0.15) is 49.3 Å². The molecular formula is C14H24O11. The minimum Gasteiger partial charge on any atom is -0.394 e. The average Bonchev–Trinajstić information content (AvgIpc) is 2.87. The molecule has 0 saturated carbocycles. The fraction of sp³-hybridized carbons (Fsp3) is 0.857. The van der Waals surface area contributed by atoms with Crippen LogP contribution >= 0.6 is 0 Å². The molecule has 2 aliphatic rings. The van der Waals surface area contributed by atoms with E-state index in [1.807, 2.05) is 0 Å². The number of aliphatic hydroxyl groups is 8. The van der Waals surface area contributed by atoms with Gasteiger partial charge in [0, 0.05) is 0 Å². The Kier molecular flexibility index (Phi) is 6.18. The van der Waals surface area contributed by atoms with Crippen molar-refractivity contribution in [1.29, 1.82) is 0 Å². The first-order valence-corrected chi connectivity index (χ1v) is 7.64. The van der Waals surface area contributed by atoms with Crippen LogP contribution in [0.2, 0.25) is 0 Å². The molecule has 0 aromatic heterocycles. The topological polar surface area (TPSA) is 190 Å². The summed E-state index contributed by atoms with van der Waals surface area (Å²) < 4.78 is 16.0. The van der Waals surface area contributed by atoms with Gasteiger partial charge in [-0.25, -0.2) is 0 Å². The van der Waals surface area contributed by atoms with Crippen LogP contribution in [0, 0.1) is 0 Å². The molecule has 0 aromatic rings. The molecule has 146 valence electrons. The molecule has 2 fully saturated rings. The van der Waals surface area contributed by atoms with Crippen LogP contribution in [-0.4, -0.2) is 115 Å². The average molecular weight is 368 g/mol. The number of ether oxygens (including phenoxy) is 3. The summed E-state index contributed by atoms with van der Waals surface area (Å²) in [6.45, 7) is 0.944. The standard InChI is InChI=1S/C14H24O11/c1-2-13(12(22)10(20)8(18)6(3-15)23-13)25-14(5-17)11(21)9(19)7(4-16)24-14/h2,6-12,15-22H,1,3-5H2/t6-,7-,8-,9-,10+,11+,12-,13+,14?/m1/s1. The molecule has 2 aliphatic heterocycles. The molecule has 2 saturated heterocycles. The quantitative estimate of drug-likeness (QED) is 0.210. The SMILES string of the molecule is C=C[C@@]1(OC2(CO)O[C@H](CO)[C@@H](O)[C@@H]2O)O[C@H](CO)[C@@H](O)[C@H](O)[C@H]1O. The zero-order valence-electron chi connectivity index (χ0n) is 13.2. The van der Waals surface area contributed by atoms with Crippen LogP contribution in [0.15, 0.2) is 12.7 Å². The van der Waals surface area contributed by atoms with Crippen LogP contribution in [0.25, 0.3) is 0 Å². The van der Waals surface area contributed by atoms with Crippen molar-refractivity contribution in [2.75, 3.05) is 19.8 Å². The van der Waals surface area contributed by atoms with Crippen molar-refractivity contribution in [3.8, 4) is 0 Å². The van der Waals surface area contributed by atoms with Gasteiger partial charge in [0.25, 0.3) is 0 Å². The van der Waals surface area contributed by atoms with Crippen LogP contribution < -0.4 is 0 Å². The maximum absolute atomic E-state index is 10.3. The van der Waals surface area contributed by atoms with E-state index >= 15 is 0 Å². The second kappa shape index (κ2) is 7.50. The Morgan fingerprint density at radius 1 is 0.840 bits per heavy atom. The lowest BCUT2D eigenvalue weighted by Crippen LogP contribution is -2.68. The smallest absolute Gasteiger partial charge is 0.224 e. The highest BCUT2D eigenvalue weighted by Gasteiger charge is 2.62. The minimum atomic E-state index is -2.33. The molecule has 2 rings (SSSR count). The van der Waals surface area contributed by atoms with Gasteiger partial charge in [-0.2, -0.15) is 0 Å². The van der Waals surface area contributed by atoms with Crippen molar-refractivity contribution in [3.05, 3.63) is 12.7 Å². The Morgan fingerprint density at radius 3 is 1.84 bits per heavy atom. The zero-order chi connectivity index (χ0) is 19.0. The van der Waals surface area contributed by atoms with Gasteiger partial charge in [-0.1, -0.05) is 6.58 Å². The monoisotopic (exact) mass is 368 g/mol. The van der Waals surface area contributed by atoms with E-state index in [1.165, 1.54) is 0 Å². The van der Waals surface area contributed by atoms with E-state index in [-0.39, 0.29) is 0 Å². The Morgan fingerprint density at radius 2 is 1.40 bits per heavy atom. The lowest BCUT2D eigenvalue weighted by Gasteiger charge is -2.49. The molecule has 0 amide bonds. The van der Waals surface area contributed by atoms with E-state index < -0.39 is 74.1 Å². The molecule has 2 heterocycles. The Hall–Kier alpha value is -0.700. The summed E-state index contributed by atoms with van der Waals surface area (Å²) in [6.07, 6.45) is -10.7. The molecule has 0 spiro atoms. The Balaban J connectivity index is 2.37. The van der Waals surface area contributed by atoms with Crippen LogP contribution in [0.3, 0.4) is 0 Å². The third-order valence-electron chi connectivity index (χ3n) is 4.51. The van der Waals surface area contributed by atoms with Crippen molar-refractivity contribution < 1.29 is 55.1 Å². The fourth-order valence-corrected chi connectivity index (χ4v) is 2.98. The maximum atomic E-state index is 10.3. The van der Waals surface area contributed by atoms with Gasteiger partial charge in [0.15, 0.2) is 0 Å². The molecule has 1 unspecified atom stereocenters. The normalized spacial score (nSPS) is 50.8. The first-order chi connectivity index (χ1) is 11.7. The van der Waals surface area contributed by atoms with Crippen LogP contribution in [0.4, 0.5) is 0 Å². The first-order valence-electron chi connectivity index (χ1n) is 7.64. The minimum absolute atomic E-state index is 0.700. The highest BCUT2D eigenvalue weighted by molar-refractivity contribution is 5.08. The molecule has 11 nitrogen and oxygen atoms in total. The molecule has 0 bridgehead atoms. The lowest BCUT2D eigenvalue weighted by atomic mass is 9.92. The highest BCUT2D eigenvalue weighted by Crippen LogP contribution is 2.41. The molecule has 8 N–H and O–H groups in total. The summed E-state index contributed by atoms with van der Waals surface area (Å²) in [5.41, 5.74) is 0. The molecular weight excluding hydrogens is 344 g/mol. The van der Waals surface area contributed by atoms with Gasteiger partial charge < -0.3 is 55.1 Å². The van der Waals surface area contributed by atoms with E-state index in [4.69, 9.17) is 14.2 Å². The summed E-state index contributed by atoms with van der Waals surface area (Å²) >= 11 is 0. The van der Waals surface area contributed by atoms with Crippen LogP contribution in [-0.2, 0) is 14.2 Å². The first kappa shape index (κ1) is 20.6. The van der Waals surface area contributed by atoms with E-state index in [0.717, 1.165) is 6.08 Å². The third kappa shape index (κ3) is 3.22. The predicted octanol–water partition coefficient (Wildman–Crippen LogP) is -4.84. The highest BCUT2D eigenvalue weighted by atomic mass is 16.8. The fourth-order valence-electron chi connectivity index (χ4n) is 2.98. The van der Waals surface area contributed by atoms with E-state index in [9.17, 15) is 40.9 Å². The Labute approximate surface area is 142 Å². The second-order valence-corrected chi connectivity index (χ2v) is 6.04. The molecule has 0 radical (unpaired) electrons. The van der Waals surface area contributed by atoms with Crippen molar-refractivity contribution >= 4 is 0 Å². The number of rotatable bonds is 6. The zero-order valence-corrected chi connectivity index (χ0v) is 13.2. The van der Waals surface area contributed by atoms with Crippen molar-refractivity contribution in [2.45, 2.75) is 54.3 Å². The number of aliphatic hydroxyl groups excluding tert-OH is 8. The summed E-state index contributed by atoms with van der Waals surface area (Å²) in [5, 5.41) is 78.2. The van der Waals surface area contributed by atoms with Crippen molar-refractivity contribution in [2.24, 2.45) is 0 Å². The molecule has 11 heteroatoms. The summed E-state index contributed by atoms with van der Waals surface area (Å²) in [6, 6.07) is 0. The van der Waals surface area contributed by atoms with Gasteiger partial charge in [0.2, 0.25) is 11.6 Å². The van der Waals surface area contributed by atoms with Crippen molar-refractivity contribution in [3.63, 3.8) is 0 Å². The third-order valence-corrected chi connectivity index (χ3v) is 4.51. The number of hydrogen-bond acceptors (Lipinski definition) is 11.